The number of rotatable bonds is 11. The van der Waals surface area contributed by atoms with Gasteiger partial charge in [0.05, 0.1) is 54.3 Å². The Morgan fingerprint density at radius 3 is 2.24 bits per heavy atom. The number of hydrogen-bond acceptors (Lipinski definition) is 10. The van der Waals surface area contributed by atoms with Crippen LogP contribution in [0.15, 0.2) is 48.7 Å². The number of ether oxygens (including phenoxy) is 4. The van der Waals surface area contributed by atoms with Crippen LogP contribution in [0.5, 0.6) is 5.75 Å². The first-order valence-corrected chi connectivity index (χ1v) is 21.0. The van der Waals surface area contributed by atoms with Gasteiger partial charge in [-0.25, -0.2) is 19.6 Å². The van der Waals surface area contributed by atoms with Gasteiger partial charge < -0.3 is 49.1 Å². The molecule has 0 saturated carbocycles. The second kappa shape index (κ2) is 16.9. The molecular formula is C45H54N8O9. The Morgan fingerprint density at radius 1 is 0.871 bits per heavy atom. The molecule has 328 valence electrons. The van der Waals surface area contributed by atoms with Crippen LogP contribution in [-0.4, -0.2) is 128 Å². The molecule has 2 fully saturated rings. The number of aromatic nitrogens is 4. The lowest BCUT2D eigenvalue weighted by Gasteiger charge is -2.36. The van der Waals surface area contributed by atoms with Crippen molar-refractivity contribution in [2.75, 3.05) is 28.4 Å². The number of carbonyl (C=O) groups is 4. The number of imidazole rings is 2. The van der Waals surface area contributed by atoms with Crippen molar-refractivity contribution in [1.82, 2.24) is 40.0 Å². The number of carboxylic acid groups (broad SMARTS) is 1. The number of amides is 4. The van der Waals surface area contributed by atoms with Crippen LogP contribution in [0.3, 0.4) is 0 Å². The quantitative estimate of drug-likeness (QED) is 0.112. The topological polar surface area (TPSA) is 205 Å². The highest BCUT2D eigenvalue weighted by Crippen LogP contribution is 2.44. The molecule has 8 rings (SSSR count). The van der Waals surface area contributed by atoms with Gasteiger partial charge in [0, 0.05) is 44.3 Å². The Morgan fingerprint density at radius 2 is 1.56 bits per heavy atom. The summed E-state index contributed by atoms with van der Waals surface area (Å²) in [7, 11) is 5.62. The van der Waals surface area contributed by atoms with Crippen molar-refractivity contribution in [2.45, 2.75) is 108 Å². The molecule has 8 atom stereocenters. The summed E-state index contributed by atoms with van der Waals surface area (Å²) in [5.41, 5.74) is 6.35. The van der Waals surface area contributed by atoms with Crippen molar-refractivity contribution < 1.29 is 43.2 Å². The molecule has 2 saturated heterocycles. The summed E-state index contributed by atoms with van der Waals surface area (Å²) < 4.78 is 22.1. The fourth-order valence-electron chi connectivity index (χ4n) is 9.48. The minimum atomic E-state index is -1.20. The van der Waals surface area contributed by atoms with Crippen molar-refractivity contribution in [2.24, 2.45) is 0 Å². The van der Waals surface area contributed by atoms with E-state index in [-0.39, 0.29) is 36.0 Å². The van der Waals surface area contributed by atoms with E-state index in [2.05, 4.69) is 39.6 Å². The van der Waals surface area contributed by atoms with Crippen molar-refractivity contribution in [3.05, 3.63) is 65.9 Å². The Balaban J connectivity index is 1.05. The Kier molecular flexibility index (Phi) is 11.6. The predicted octanol–water partition coefficient (Wildman–Crippen LogP) is 6.54. The number of nitrogens with zero attached hydrogens (tertiary/aromatic N) is 5. The Bertz CT molecular complexity index is 2540. The van der Waals surface area contributed by atoms with Crippen molar-refractivity contribution in [3.63, 3.8) is 0 Å². The largest absolute Gasteiger partial charge is 0.488 e. The number of benzene rings is 3. The molecule has 0 radical (unpaired) electrons. The van der Waals surface area contributed by atoms with Crippen molar-refractivity contribution >= 4 is 45.8 Å². The molecule has 5 aromatic rings. The first-order valence-electron chi connectivity index (χ1n) is 21.0. The molecule has 4 amide bonds. The highest BCUT2D eigenvalue weighted by Gasteiger charge is 2.45. The van der Waals surface area contributed by atoms with Gasteiger partial charge in [-0.15, -0.1) is 0 Å². The Labute approximate surface area is 359 Å². The smallest absolute Gasteiger partial charge is 0.407 e. The first-order chi connectivity index (χ1) is 29.7. The molecule has 17 heteroatoms. The third-order valence-electron chi connectivity index (χ3n) is 13.1. The lowest BCUT2D eigenvalue weighted by Crippen LogP contribution is -2.55. The zero-order valence-corrected chi connectivity index (χ0v) is 36.2. The van der Waals surface area contributed by atoms with E-state index >= 15 is 0 Å². The van der Waals surface area contributed by atoms with Crippen LogP contribution < -0.4 is 10.1 Å². The number of hydrogen-bond donors (Lipinski definition) is 4. The fourth-order valence-corrected chi connectivity index (χ4v) is 9.48. The van der Waals surface area contributed by atoms with Gasteiger partial charge in [0.2, 0.25) is 11.8 Å². The standard InChI is InChI=1S/C45H54N8O9/c1-22-9-15-34(52(22)42(54)37(24(3)59-6)50-44(56)61-8)40-46-20-33(48-40)27-11-13-29-28(17-27)21-62-36-19-30-26(18-31(29)36)12-14-32-38(30)49-41(47-32)35-16-10-23(2)53(35)43(55)39(25(4)60-7)51(5)45(57)58/h11-14,17-20,22-25,34-35,37,39H,9-10,15-16,21H2,1-8H3,(H,46,48)(H,47,49)(H,50,56)(H,57,58)/t22-,23-,24+,25+,34-,35-,37-,39-/m0/s1. The third kappa shape index (κ3) is 7.46. The summed E-state index contributed by atoms with van der Waals surface area (Å²) in [4.78, 5) is 73.5. The van der Waals surface area contributed by atoms with E-state index in [1.807, 2.05) is 32.0 Å². The lowest BCUT2D eigenvalue weighted by molar-refractivity contribution is -0.143. The van der Waals surface area contributed by atoms with Gasteiger partial charge in [0.1, 0.15) is 36.1 Å². The number of nitrogens with one attached hydrogen (secondary N) is 3. The third-order valence-corrected chi connectivity index (χ3v) is 13.1. The van der Waals surface area contributed by atoms with Crippen LogP contribution in [-0.2, 0) is 30.4 Å². The summed E-state index contributed by atoms with van der Waals surface area (Å²) in [5.74, 6) is 1.47. The average molecular weight is 851 g/mol. The zero-order valence-electron chi connectivity index (χ0n) is 36.2. The molecular weight excluding hydrogens is 797 g/mol. The summed E-state index contributed by atoms with van der Waals surface area (Å²) >= 11 is 0. The van der Waals surface area contributed by atoms with Gasteiger partial charge in [-0.1, -0.05) is 18.2 Å². The molecule has 0 unspecified atom stereocenters. The van der Waals surface area contributed by atoms with Gasteiger partial charge in [0.15, 0.2) is 0 Å². The van der Waals surface area contributed by atoms with Gasteiger partial charge >= 0.3 is 12.2 Å². The fraction of sp³-hybridized carbons (Fsp3) is 0.467. The van der Waals surface area contributed by atoms with Crippen LogP contribution in [0, 0.1) is 0 Å². The number of alkyl carbamates (subject to hydrolysis) is 1. The number of H-pyrrole nitrogens is 2. The monoisotopic (exact) mass is 850 g/mol. The molecule has 0 bridgehead atoms. The number of likely N-dealkylation sites (tertiary alicyclic amines) is 2. The summed E-state index contributed by atoms with van der Waals surface area (Å²) in [5, 5.41) is 14.4. The van der Waals surface area contributed by atoms with Crippen molar-refractivity contribution in [1.29, 1.82) is 0 Å². The van der Waals surface area contributed by atoms with Gasteiger partial charge in [-0.2, -0.15) is 0 Å². The van der Waals surface area contributed by atoms with E-state index in [1.165, 1.54) is 28.4 Å². The lowest BCUT2D eigenvalue weighted by atomic mass is 9.92. The number of aromatic amines is 2. The number of likely N-dealkylation sites (N-methyl/N-ethyl adjacent to an activating group) is 1. The summed E-state index contributed by atoms with van der Waals surface area (Å²) in [6.45, 7) is 7.76. The van der Waals surface area contributed by atoms with Gasteiger partial charge in [-0.3, -0.25) is 14.5 Å². The zero-order chi connectivity index (χ0) is 44.1. The second-order valence-corrected chi connectivity index (χ2v) is 16.7. The number of carbonyl (C=O) groups excluding carboxylic acids is 3. The number of fused-ring (bicyclic) bond motifs is 6. The minimum absolute atomic E-state index is 0.0783. The van der Waals surface area contributed by atoms with Crippen LogP contribution in [0.4, 0.5) is 9.59 Å². The number of methoxy groups -OCH3 is 3. The molecule has 3 aliphatic heterocycles. The maximum atomic E-state index is 14.1. The molecule has 17 nitrogen and oxygen atoms in total. The van der Waals surface area contributed by atoms with Gasteiger partial charge in [0.25, 0.3) is 0 Å². The average Bonchev–Trinajstić information content (AvgIpc) is 4.09. The van der Waals surface area contributed by atoms with Crippen LogP contribution in [0.25, 0.3) is 44.2 Å². The molecule has 0 spiro atoms. The Hall–Kier alpha value is -6.20. The van der Waals surface area contributed by atoms with E-state index in [0.29, 0.717) is 31.1 Å². The molecule has 62 heavy (non-hydrogen) atoms. The first kappa shape index (κ1) is 42.5. The summed E-state index contributed by atoms with van der Waals surface area (Å²) in [6, 6.07) is 11.6. The molecule has 3 aliphatic rings. The van der Waals surface area contributed by atoms with Crippen molar-refractivity contribution in [3.8, 4) is 28.1 Å². The maximum Gasteiger partial charge on any atom is 0.407 e. The van der Waals surface area contributed by atoms with Crippen LogP contribution >= 0.6 is 0 Å². The van der Waals surface area contributed by atoms with E-state index in [4.69, 9.17) is 28.9 Å². The molecule has 5 heterocycles. The predicted molar refractivity (Wildman–Crippen MR) is 229 cm³/mol. The molecule has 0 aliphatic carbocycles. The van der Waals surface area contributed by atoms with E-state index in [0.717, 1.165) is 73.2 Å². The molecule has 2 aromatic heterocycles. The SMILES string of the molecule is COC(=O)N[C@H](C(=O)N1[C@@H](C)CC[C@H]1c1ncc(-c2ccc3c(c2)COc2cc4c(ccc5nc([C@@H]6CC[C@H](C)N6C(=O)[C@H]([C@@H](C)OC)N(C)C(=O)O)[nH]c54)cc2-3)[nH]1)[C@@H](C)OC. The van der Waals surface area contributed by atoms with E-state index < -0.39 is 36.5 Å². The van der Waals surface area contributed by atoms with Crippen LogP contribution in [0.2, 0.25) is 0 Å². The molecule has 3 aromatic carbocycles. The minimum Gasteiger partial charge on any atom is -0.488 e. The van der Waals surface area contributed by atoms with E-state index in [1.54, 1.807) is 29.8 Å². The normalized spacial score (nSPS) is 21.5. The second-order valence-electron chi connectivity index (χ2n) is 16.7. The molecule has 4 N–H and O–H groups in total. The highest BCUT2D eigenvalue weighted by atomic mass is 16.5. The van der Waals surface area contributed by atoms with E-state index in [9.17, 15) is 24.3 Å². The summed E-state index contributed by atoms with van der Waals surface area (Å²) in [6.07, 6.45) is 1.54. The van der Waals surface area contributed by atoms with Gasteiger partial charge in [-0.05, 0) is 99.7 Å². The van der Waals surface area contributed by atoms with Crippen LogP contribution in [0.1, 0.15) is 82.7 Å². The maximum absolute atomic E-state index is 14.1. The highest BCUT2D eigenvalue weighted by molar-refractivity contribution is 6.07.